The second kappa shape index (κ2) is 6.12. The van der Waals surface area contributed by atoms with Gasteiger partial charge in [0.25, 0.3) is 0 Å². The summed E-state index contributed by atoms with van der Waals surface area (Å²) in [5, 5.41) is 0.378. The van der Waals surface area contributed by atoms with E-state index in [9.17, 15) is 8.42 Å². The van der Waals surface area contributed by atoms with Crippen molar-refractivity contribution in [1.29, 1.82) is 0 Å². The van der Waals surface area contributed by atoms with E-state index >= 15 is 0 Å². The summed E-state index contributed by atoms with van der Waals surface area (Å²) in [5.41, 5.74) is 6.95. The predicted molar refractivity (Wildman–Crippen MR) is 86.1 cm³/mol. The molecule has 0 saturated carbocycles. The maximum atomic E-state index is 12.7. The third-order valence-electron chi connectivity index (χ3n) is 4.15. The van der Waals surface area contributed by atoms with Gasteiger partial charge in [0, 0.05) is 30.3 Å². The van der Waals surface area contributed by atoms with Crippen LogP contribution < -0.4 is 5.73 Å². The third kappa shape index (κ3) is 3.34. The van der Waals surface area contributed by atoms with Crippen LogP contribution in [0.4, 0.5) is 5.69 Å². The van der Waals surface area contributed by atoms with Crippen molar-refractivity contribution in [3.63, 3.8) is 0 Å². The van der Waals surface area contributed by atoms with Crippen LogP contribution in [0.15, 0.2) is 17.0 Å². The molecule has 1 aliphatic rings. The van der Waals surface area contributed by atoms with Gasteiger partial charge in [-0.25, -0.2) is 8.42 Å². The second-order valence-corrected chi connectivity index (χ2v) is 8.10. The molecule has 2 rings (SSSR count). The highest BCUT2D eigenvalue weighted by Gasteiger charge is 2.31. The average molecular weight is 332 g/mol. The molecule has 7 heteroatoms. The normalized spacial score (nSPS) is 20.9. The van der Waals surface area contributed by atoms with Gasteiger partial charge in [-0.2, -0.15) is 4.31 Å². The predicted octanol–water partition coefficient (Wildman–Crippen LogP) is 1.95. The topological polar surface area (TPSA) is 66.6 Å². The lowest BCUT2D eigenvalue weighted by Crippen LogP contribution is -2.47. The molecule has 0 radical (unpaired) electrons. The first kappa shape index (κ1) is 16.5. The van der Waals surface area contributed by atoms with Crippen molar-refractivity contribution in [3.05, 3.63) is 22.7 Å². The van der Waals surface area contributed by atoms with E-state index in [1.54, 1.807) is 14.0 Å². The van der Waals surface area contributed by atoms with E-state index in [1.807, 2.05) is 7.05 Å². The monoisotopic (exact) mass is 331 g/mol. The standard InChI is InChI=1S/C14H22ClN3O2S/c1-10-13(15)7-12(8-14(10)16)21(19,20)18(3)11-5-4-6-17(2)9-11/h7-8,11H,4-6,9,16H2,1-3H3. The zero-order valence-electron chi connectivity index (χ0n) is 12.6. The highest BCUT2D eigenvalue weighted by Crippen LogP contribution is 2.29. The Labute approximate surface area is 131 Å². The van der Waals surface area contributed by atoms with Crippen LogP contribution >= 0.6 is 11.6 Å². The van der Waals surface area contributed by atoms with E-state index in [4.69, 9.17) is 17.3 Å². The number of hydrogen-bond donors (Lipinski definition) is 1. The van der Waals surface area contributed by atoms with Gasteiger partial charge in [0.15, 0.2) is 0 Å². The molecular formula is C14H22ClN3O2S. The van der Waals surface area contributed by atoms with Crippen LogP contribution in [0.1, 0.15) is 18.4 Å². The number of nitrogen functional groups attached to an aromatic ring is 1. The van der Waals surface area contributed by atoms with Gasteiger partial charge in [-0.05, 0) is 51.1 Å². The molecule has 0 spiro atoms. The first-order valence-corrected chi connectivity index (χ1v) is 8.77. The second-order valence-electron chi connectivity index (χ2n) is 5.70. The van der Waals surface area contributed by atoms with Crippen molar-refractivity contribution in [3.8, 4) is 0 Å². The van der Waals surface area contributed by atoms with Crippen LogP contribution in [0.5, 0.6) is 0 Å². The summed E-state index contributed by atoms with van der Waals surface area (Å²) in [5.74, 6) is 0. The molecule has 0 amide bonds. The van der Waals surface area contributed by atoms with Gasteiger partial charge in [-0.3, -0.25) is 0 Å². The molecule has 2 N–H and O–H groups in total. The molecule has 0 aliphatic carbocycles. The molecule has 1 fully saturated rings. The number of anilines is 1. The molecular weight excluding hydrogens is 310 g/mol. The maximum absolute atomic E-state index is 12.7. The van der Waals surface area contributed by atoms with Gasteiger partial charge < -0.3 is 10.6 Å². The number of nitrogens with two attached hydrogens (primary N) is 1. The Kier molecular flexibility index (Phi) is 4.82. The van der Waals surface area contributed by atoms with Crippen LogP contribution in [0.3, 0.4) is 0 Å². The van der Waals surface area contributed by atoms with E-state index in [1.165, 1.54) is 16.4 Å². The lowest BCUT2D eigenvalue weighted by molar-refractivity contribution is 0.187. The van der Waals surface area contributed by atoms with Gasteiger partial charge in [-0.1, -0.05) is 11.6 Å². The van der Waals surface area contributed by atoms with Crippen LogP contribution in [-0.4, -0.2) is 50.8 Å². The lowest BCUT2D eigenvalue weighted by atomic mass is 10.1. The van der Waals surface area contributed by atoms with Crippen molar-refractivity contribution in [2.24, 2.45) is 0 Å². The molecule has 0 bridgehead atoms. The SMILES string of the molecule is Cc1c(N)cc(S(=O)(=O)N(C)C2CCCN(C)C2)cc1Cl. The number of hydrogen-bond acceptors (Lipinski definition) is 4. The van der Waals surface area contributed by atoms with E-state index in [0.29, 0.717) is 16.3 Å². The van der Waals surface area contributed by atoms with Crippen molar-refractivity contribution in [1.82, 2.24) is 9.21 Å². The maximum Gasteiger partial charge on any atom is 0.243 e. The first-order chi connectivity index (χ1) is 9.73. The number of nitrogens with zero attached hydrogens (tertiary/aromatic N) is 2. The smallest absolute Gasteiger partial charge is 0.243 e. The van der Waals surface area contributed by atoms with E-state index in [0.717, 1.165) is 25.9 Å². The number of rotatable bonds is 3. The van der Waals surface area contributed by atoms with Gasteiger partial charge in [0.1, 0.15) is 0 Å². The van der Waals surface area contributed by atoms with Gasteiger partial charge >= 0.3 is 0 Å². The van der Waals surface area contributed by atoms with Gasteiger partial charge in [-0.15, -0.1) is 0 Å². The highest BCUT2D eigenvalue weighted by atomic mass is 35.5. The number of sulfonamides is 1. The van der Waals surface area contributed by atoms with E-state index in [2.05, 4.69) is 4.90 Å². The first-order valence-electron chi connectivity index (χ1n) is 6.95. The minimum absolute atomic E-state index is 0.0185. The van der Waals surface area contributed by atoms with E-state index < -0.39 is 10.0 Å². The number of halogens is 1. The molecule has 5 nitrogen and oxygen atoms in total. The average Bonchev–Trinajstić information content (AvgIpc) is 2.43. The number of benzene rings is 1. The van der Waals surface area contributed by atoms with Gasteiger partial charge in [0.2, 0.25) is 10.0 Å². The number of likely N-dealkylation sites (N-methyl/N-ethyl adjacent to an activating group) is 2. The molecule has 21 heavy (non-hydrogen) atoms. The Hall–Kier alpha value is -0.820. The van der Waals surface area contributed by atoms with Crippen molar-refractivity contribution in [2.45, 2.75) is 30.7 Å². The summed E-state index contributed by atoms with van der Waals surface area (Å²) in [6, 6.07) is 2.95. The van der Waals surface area contributed by atoms with Crippen LogP contribution in [-0.2, 0) is 10.0 Å². The summed E-state index contributed by atoms with van der Waals surface area (Å²) in [4.78, 5) is 2.31. The van der Waals surface area contributed by atoms with Crippen molar-refractivity contribution in [2.75, 3.05) is 32.9 Å². The summed E-state index contributed by atoms with van der Waals surface area (Å²) < 4.78 is 26.9. The van der Waals surface area contributed by atoms with Crippen LogP contribution in [0.2, 0.25) is 5.02 Å². The quantitative estimate of drug-likeness (QED) is 0.860. The molecule has 1 aromatic carbocycles. The molecule has 0 aromatic heterocycles. The zero-order valence-corrected chi connectivity index (χ0v) is 14.2. The Balaban J connectivity index is 2.33. The fourth-order valence-electron chi connectivity index (χ4n) is 2.62. The molecule has 1 unspecified atom stereocenters. The molecule has 1 atom stereocenters. The van der Waals surface area contributed by atoms with Crippen LogP contribution in [0, 0.1) is 6.92 Å². The molecule has 118 valence electrons. The number of piperidine rings is 1. The Morgan fingerprint density at radius 2 is 2.10 bits per heavy atom. The summed E-state index contributed by atoms with van der Waals surface area (Å²) in [7, 11) is 0.0538. The van der Waals surface area contributed by atoms with Gasteiger partial charge in [0.05, 0.1) is 4.90 Å². The third-order valence-corrected chi connectivity index (χ3v) is 6.43. The Morgan fingerprint density at radius 1 is 1.43 bits per heavy atom. The minimum atomic E-state index is -3.58. The fraction of sp³-hybridized carbons (Fsp3) is 0.571. The summed E-state index contributed by atoms with van der Waals surface area (Å²) in [6.07, 6.45) is 1.87. The lowest BCUT2D eigenvalue weighted by Gasteiger charge is -2.35. The highest BCUT2D eigenvalue weighted by molar-refractivity contribution is 7.89. The Bertz CT molecular complexity index is 610. The molecule has 1 aliphatic heterocycles. The summed E-state index contributed by atoms with van der Waals surface area (Å²) >= 11 is 6.07. The van der Waals surface area contributed by atoms with Crippen LogP contribution in [0.25, 0.3) is 0 Å². The largest absolute Gasteiger partial charge is 0.398 e. The van der Waals surface area contributed by atoms with E-state index in [-0.39, 0.29) is 10.9 Å². The zero-order chi connectivity index (χ0) is 15.8. The number of likely N-dealkylation sites (tertiary alicyclic amines) is 1. The van der Waals surface area contributed by atoms with Crippen molar-refractivity contribution < 1.29 is 8.42 Å². The minimum Gasteiger partial charge on any atom is -0.398 e. The molecule has 1 aromatic rings. The Morgan fingerprint density at radius 3 is 2.67 bits per heavy atom. The fourth-order valence-corrected chi connectivity index (χ4v) is 4.35. The van der Waals surface area contributed by atoms with Crippen molar-refractivity contribution >= 4 is 27.3 Å². The molecule has 1 saturated heterocycles. The molecule has 1 heterocycles. The summed E-state index contributed by atoms with van der Waals surface area (Å²) in [6.45, 7) is 3.52.